The van der Waals surface area contributed by atoms with Crippen LogP contribution in [0.1, 0.15) is 32.1 Å². The van der Waals surface area contributed by atoms with Crippen LogP contribution in [0.4, 0.5) is 11.6 Å². The van der Waals surface area contributed by atoms with Crippen molar-refractivity contribution in [2.24, 2.45) is 0 Å². The second-order valence-electron chi connectivity index (χ2n) is 8.73. The molecular formula is C28H29ClN4O. The normalized spacial score (nSPS) is 16.2. The van der Waals surface area contributed by atoms with Gasteiger partial charge in [-0.05, 0) is 73.8 Å². The Kier molecular flexibility index (Phi) is 7.22. The van der Waals surface area contributed by atoms with Crippen molar-refractivity contribution in [1.82, 2.24) is 15.3 Å². The second kappa shape index (κ2) is 10.9. The lowest BCUT2D eigenvalue weighted by atomic mass is 10.0. The van der Waals surface area contributed by atoms with Crippen LogP contribution in [0.5, 0.6) is 5.75 Å². The monoisotopic (exact) mass is 472 g/mol. The van der Waals surface area contributed by atoms with Crippen molar-refractivity contribution in [1.29, 1.82) is 0 Å². The van der Waals surface area contributed by atoms with E-state index in [-0.39, 0.29) is 0 Å². The Hall–Kier alpha value is -3.15. The number of hydrogen-bond acceptors (Lipinski definition) is 5. The van der Waals surface area contributed by atoms with Crippen molar-refractivity contribution < 1.29 is 4.74 Å². The van der Waals surface area contributed by atoms with Gasteiger partial charge in [0.1, 0.15) is 5.75 Å². The Morgan fingerprint density at radius 1 is 1.00 bits per heavy atom. The maximum atomic E-state index is 6.35. The number of nitrogens with zero attached hydrogens (tertiary/aromatic N) is 2. The number of rotatable bonds is 7. The number of hydrogen-bond donors (Lipinski definition) is 2. The van der Waals surface area contributed by atoms with E-state index < -0.39 is 0 Å². The molecule has 0 amide bonds. The highest BCUT2D eigenvalue weighted by Gasteiger charge is 2.11. The molecule has 174 valence electrons. The van der Waals surface area contributed by atoms with Gasteiger partial charge in [-0.25, -0.2) is 9.97 Å². The highest BCUT2D eigenvalue weighted by atomic mass is 35.5. The van der Waals surface area contributed by atoms with Crippen molar-refractivity contribution in [3.05, 3.63) is 77.9 Å². The van der Waals surface area contributed by atoms with E-state index in [2.05, 4.69) is 26.7 Å². The smallest absolute Gasteiger partial charge is 0.227 e. The van der Waals surface area contributed by atoms with Crippen molar-refractivity contribution in [2.45, 2.75) is 38.1 Å². The Morgan fingerprint density at radius 3 is 2.76 bits per heavy atom. The molecule has 0 bridgehead atoms. The zero-order valence-corrected chi connectivity index (χ0v) is 19.9. The first-order valence-electron chi connectivity index (χ1n) is 12.0. The summed E-state index contributed by atoms with van der Waals surface area (Å²) >= 11 is 6.35. The minimum Gasteiger partial charge on any atom is -0.494 e. The molecule has 1 fully saturated rings. The minimum absolute atomic E-state index is 0.561. The van der Waals surface area contributed by atoms with Gasteiger partial charge in [0.2, 0.25) is 5.95 Å². The molecule has 3 aromatic carbocycles. The number of aromatic nitrogens is 2. The lowest BCUT2D eigenvalue weighted by Crippen LogP contribution is -2.29. The molecule has 5 rings (SSSR count). The molecule has 0 spiro atoms. The molecular weight excluding hydrogens is 444 g/mol. The summed E-state index contributed by atoms with van der Waals surface area (Å²) in [4.78, 5) is 9.16. The van der Waals surface area contributed by atoms with E-state index in [9.17, 15) is 0 Å². The molecule has 2 heterocycles. The summed E-state index contributed by atoms with van der Waals surface area (Å²) in [6, 6.07) is 22.5. The average molecular weight is 473 g/mol. The van der Waals surface area contributed by atoms with Gasteiger partial charge in [0.15, 0.2) is 0 Å². The third-order valence-corrected chi connectivity index (χ3v) is 6.60. The first-order valence-corrected chi connectivity index (χ1v) is 12.4. The fourth-order valence-corrected chi connectivity index (χ4v) is 4.63. The van der Waals surface area contributed by atoms with Crippen LogP contribution in [-0.2, 0) is 0 Å². The predicted octanol–water partition coefficient (Wildman–Crippen LogP) is 6.99. The van der Waals surface area contributed by atoms with Crippen LogP contribution in [0.3, 0.4) is 0 Å². The first-order chi connectivity index (χ1) is 16.7. The van der Waals surface area contributed by atoms with Gasteiger partial charge in [-0.1, -0.05) is 48.7 Å². The summed E-state index contributed by atoms with van der Waals surface area (Å²) in [6.45, 7) is 1.86. The molecule has 4 aromatic rings. The summed E-state index contributed by atoms with van der Waals surface area (Å²) < 4.78 is 5.96. The zero-order valence-electron chi connectivity index (χ0n) is 19.1. The molecule has 1 aliphatic rings. The highest BCUT2D eigenvalue weighted by Crippen LogP contribution is 2.30. The Balaban J connectivity index is 1.20. The van der Waals surface area contributed by atoms with Crippen LogP contribution in [0.15, 0.2) is 72.9 Å². The third kappa shape index (κ3) is 5.66. The standard InChI is InChI=1S/C28H29ClN4O/c29-26-8-4-3-7-25(26)20-9-14-27-21(18-20)19-31-28(33-27)32-23-10-12-24(13-11-23)34-17-15-22-6-2-1-5-16-30-22/h3-4,7-14,18-19,22,30H,1-2,5-6,15-17H2,(H,31,32,33). The SMILES string of the molecule is Clc1ccccc1-c1ccc2nc(Nc3ccc(OCCC4CCCCCN4)cc3)ncc2c1. The van der Waals surface area contributed by atoms with Gasteiger partial charge >= 0.3 is 0 Å². The van der Waals surface area contributed by atoms with Crippen molar-refractivity contribution in [2.75, 3.05) is 18.5 Å². The highest BCUT2D eigenvalue weighted by molar-refractivity contribution is 6.33. The summed E-state index contributed by atoms with van der Waals surface area (Å²) in [5, 5.41) is 8.60. The van der Waals surface area contributed by atoms with Crippen molar-refractivity contribution >= 4 is 34.1 Å². The summed E-state index contributed by atoms with van der Waals surface area (Å²) in [5.74, 6) is 1.44. The number of fused-ring (bicyclic) bond motifs is 1. The zero-order chi connectivity index (χ0) is 23.2. The molecule has 1 saturated heterocycles. The van der Waals surface area contributed by atoms with Gasteiger partial charge in [-0.3, -0.25) is 0 Å². The van der Waals surface area contributed by atoms with Gasteiger partial charge in [-0.15, -0.1) is 0 Å². The van der Waals surface area contributed by atoms with Gasteiger partial charge in [0.25, 0.3) is 0 Å². The second-order valence-corrected chi connectivity index (χ2v) is 9.14. The molecule has 0 aliphatic carbocycles. The molecule has 6 heteroatoms. The molecule has 0 saturated carbocycles. The van der Waals surface area contributed by atoms with E-state index >= 15 is 0 Å². The summed E-state index contributed by atoms with van der Waals surface area (Å²) in [5.41, 5.74) is 3.85. The Morgan fingerprint density at radius 2 is 1.88 bits per heavy atom. The van der Waals surface area contributed by atoms with E-state index in [4.69, 9.17) is 16.3 Å². The lowest BCUT2D eigenvalue weighted by Gasteiger charge is -2.16. The van der Waals surface area contributed by atoms with E-state index in [1.54, 1.807) is 0 Å². The number of anilines is 2. The van der Waals surface area contributed by atoms with Crippen LogP contribution < -0.4 is 15.4 Å². The third-order valence-electron chi connectivity index (χ3n) is 6.27. The van der Waals surface area contributed by atoms with E-state index in [1.165, 1.54) is 25.7 Å². The predicted molar refractivity (Wildman–Crippen MR) is 140 cm³/mol. The quantitative estimate of drug-likeness (QED) is 0.303. The van der Waals surface area contributed by atoms with Gasteiger partial charge in [0, 0.05) is 33.9 Å². The van der Waals surface area contributed by atoms with Crippen molar-refractivity contribution in [3.8, 4) is 16.9 Å². The molecule has 1 unspecified atom stereocenters. The minimum atomic E-state index is 0.561. The largest absolute Gasteiger partial charge is 0.494 e. The summed E-state index contributed by atoms with van der Waals surface area (Å²) in [6.07, 6.45) is 8.07. The van der Waals surface area contributed by atoms with Crippen LogP contribution >= 0.6 is 11.6 Å². The molecule has 34 heavy (non-hydrogen) atoms. The van der Waals surface area contributed by atoms with Crippen LogP contribution in [0, 0.1) is 0 Å². The van der Waals surface area contributed by atoms with E-state index in [0.29, 0.717) is 12.0 Å². The first kappa shape index (κ1) is 22.6. The molecule has 1 aliphatic heterocycles. The van der Waals surface area contributed by atoms with E-state index in [1.807, 2.05) is 66.9 Å². The van der Waals surface area contributed by atoms with Gasteiger partial charge in [0.05, 0.1) is 12.1 Å². The number of ether oxygens (including phenoxy) is 1. The molecule has 5 nitrogen and oxygen atoms in total. The van der Waals surface area contributed by atoms with Crippen LogP contribution in [0.25, 0.3) is 22.0 Å². The number of nitrogens with one attached hydrogen (secondary N) is 2. The molecule has 0 radical (unpaired) electrons. The topological polar surface area (TPSA) is 59.1 Å². The molecule has 1 atom stereocenters. The average Bonchev–Trinajstić information content (AvgIpc) is 3.14. The summed E-state index contributed by atoms with van der Waals surface area (Å²) in [7, 11) is 0. The maximum Gasteiger partial charge on any atom is 0.227 e. The Bertz CT molecular complexity index is 1240. The van der Waals surface area contributed by atoms with Crippen LogP contribution in [0.2, 0.25) is 5.02 Å². The van der Waals surface area contributed by atoms with Gasteiger partial charge in [-0.2, -0.15) is 0 Å². The Labute approximate surface area is 205 Å². The molecule has 1 aromatic heterocycles. The van der Waals surface area contributed by atoms with E-state index in [0.717, 1.165) is 58.1 Å². The molecule has 2 N–H and O–H groups in total. The number of halogens is 1. The fraction of sp³-hybridized carbons (Fsp3) is 0.286. The maximum absolute atomic E-state index is 6.35. The number of benzene rings is 3. The van der Waals surface area contributed by atoms with Crippen molar-refractivity contribution in [3.63, 3.8) is 0 Å². The fourth-order valence-electron chi connectivity index (χ4n) is 4.39. The van der Waals surface area contributed by atoms with Crippen LogP contribution in [-0.4, -0.2) is 29.2 Å². The van der Waals surface area contributed by atoms with Gasteiger partial charge < -0.3 is 15.4 Å². The lowest BCUT2D eigenvalue weighted by molar-refractivity contribution is 0.283.